The van der Waals surface area contributed by atoms with Crippen molar-refractivity contribution < 1.29 is 32.9 Å². The molecule has 0 saturated heterocycles. The molecule has 3 atom stereocenters. The van der Waals surface area contributed by atoms with Gasteiger partial charge in [-0.3, -0.25) is 9.36 Å². The molecule has 220 valence electrons. The van der Waals surface area contributed by atoms with Crippen LogP contribution in [0.5, 0.6) is 0 Å². The van der Waals surface area contributed by atoms with Crippen molar-refractivity contribution in [3.8, 4) is 0 Å². The zero-order valence-corrected chi connectivity index (χ0v) is 25.3. The average molecular weight is 549 g/mol. The molecule has 3 unspecified atom stereocenters. The van der Waals surface area contributed by atoms with Crippen LogP contribution >= 0.6 is 7.82 Å². The zero-order chi connectivity index (χ0) is 28.0. The molecule has 8 nitrogen and oxygen atoms in total. The monoisotopic (exact) mass is 548 g/mol. The molecule has 0 aromatic carbocycles. The molecule has 9 heteroatoms. The summed E-state index contributed by atoms with van der Waals surface area (Å²) in [6, 6.07) is -0.873. The van der Waals surface area contributed by atoms with Gasteiger partial charge in [0.2, 0.25) is 5.91 Å². The number of carbonyl (C=O) groups excluding carboxylic acids is 1. The highest BCUT2D eigenvalue weighted by atomic mass is 31.2. The Morgan fingerprint density at radius 1 is 0.919 bits per heavy atom. The van der Waals surface area contributed by atoms with Crippen LogP contribution in [-0.2, 0) is 18.4 Å². The molecular formula is C28H57N2O6P. The Labute approximate surface area is 227 Å². The highest BCUT2D eigenvalue weighted by Crippen LogP contribution is 2.38. The van der Waals surface area contributed by atoms with Crippen molar-refractivity contribution in [2.75, 3.05) is 40.9 Å². The minimum atomic E-state index is -4.55. The number of phosphoric ester groups is 1. The molecule has 0 heterocycles. The van der Waals surface area contributed by atoms with Gasteiger partial charge < -0.3 is 28.8 Å². The Morgan fingerprint density at radius 3 is 2.03 bits per heavy atom. The summed E-state index contributed by atoms with van der Waals surface area (Å²) in [4.78, 5) is 24.7. The first-order valence-corrected chi connectivity index (χ1v) is 16.0. The number of allylic oxidation sites excluding steroid dienone is 1. The van der Waals surface area contributed by atoms with Crippen molar-refractivity contribution in [2.24, 2.45) is 0 Å². The summed E-state index contributed by atoms with van der Waals surface area (Å²) in [7, 11) is 1.25. The summed E-state index contributed by atoms with van der Waals surface area (Å²) < 4.78 is 22.8. The molecule has 2 N–H and O–H groups in total. The van der Waals surface area contributed by atoms with Gasteiger partial charge in [-0.05, 0) is 19.3 Å². The van der Waals surface area contributed by atoms with E-state index in [0.717, 1.165) is 38.5 Å². The average Bonchev–Trinajstić information content (AvgIpc) is 2.81. The van der Waals surface area contributed by atoms with Gasteiger partial charge in [0.1, 0.15) is 13.2 Å². The van der Waals surface area contributed by atoms with Gasteiger partial charge >= 0.3 is 0 Å². The Kier molecular flexibility index (Phi) is 21.6. The standard InChI is InChI=1S/C28H57N2O6P/c1-6-8-10-12-14-16-17-19-21-27(31)26(25-36-37(33,34)35-24-23-30(3,4)5)29-28(32)22-20-18-15-13-11-9-7-2/h19,21,26-27,31H,6-18,20,22-25H2,1-5H3,(H-,29,32,33,34)/b21-19+. The smallest absolute Gasteiger partial charge is 0.268 e. The van der Waals surface area contributed by atoms with Gasteiger partial charge in [0.25, 0.3) is 7.82 Å². The molecule has 0 aromatic rings. The second-order valence-electron chi connectivity index (χ2n) is 11.1. The van der Waals surface area contributed by atoms with Gasteiger partial charge in [0.15, 0.2) is 0 Å². The van der Waals surface area contributed by atoms with E-state index in [9.17, 15) is 19.4 Å². The van der Waals surface area contributed by atoms with E-state index in [1.807, 2.05) is 27.2 Å². The van der Waals surface area contributed by atoms with E-state index >= 15 is 0 Å². The predicted molar refractivity (Wildman–Crippen MR) is 150 cm³/mol. The van der Waals surface area contributed by atoms with Crippen LogP contribution in [0.3, 0.4) is 0 Å². The van der Waals surface area contributed by atoms with Gasteiger partial charge in [0.05, 0.1) is 39.9 Å². The number of aliphatic hydroxyl groups is 1. The lowest BCUT2D eigenvalue weighted by Gasteiger charge is -2.29. The first kappa shape index (κ1) is 36.2. The van der Waals surface area contributed by atoms with Gasteiger partial charge in [-0.1, -0.05) is 96.6 Å². The summed E-state index contributed by atoms with van der Waals surface area (Å²) in [5, 5.41) is 13.5. The molecule has 0 aliphatic rings. The molecule has 0 bridgehead atoms. The summed E-state index contributed by atoms with van der Waals surface area (Å²) in [6.45, 7) is 4.50. The fraction of sp³-hybridized carbons (Fsp3) is 0.893. The molecular weight excluding hydrogens is 491 g/mol. The van der Waals surface area contributed by atoms with Crippen LogP contribution in [0, 0.1) is 0 Å². The number of likely N-dealkylation sites (N-methyl/N-ethyl adjacent to an activating group) is 1. The van der Waals surface area contributed by atoms with Crippen molar-refractivity contribution in [2.45, 2.75) is 122 Å². The molecule has 0 saturated carbocycles. The molecule has 0 rings (SSSR count). The van der Waals surface area contributed by atoms with Crippen LogP contribution in [-0.4, -0.2) is 68.5 Å². The summed E-state index contributed by atoms with van der Waals surface area (Å²) in [6.07, 6.45) is 18.5. The number of quaternary nitrogens is 1. The fourth-order valence-electron chi connectivity index (χ4n) is 3.79. The van der Waals surface area contributed by atoms with Gasteiger partial charge in [0, 0.05) is 6.42 Å². The summed E-state index contributed by atoms with van der Waals surface area (Å²) in [5.41, 5.74) is 0. The SMILES string of the molecule is CCCCCCCC/C=C/C(O)C(COP(=O)([O-])OCC[N+](C)(C)C)NC(=O)CCCCCCCCC. The molecule has 0 fully saturated rings. The van der Waals surface area contributed by atoms with Gasteiger partial charge in [-0.2, -0.15) is 0 Å². The Hall–Kier alpha value is -0.760. The highest BCUT2D eigenvalue weighted by molar-refractivity contribution is 7.45. The predicted octanol–water partition coefficient (Wildman–Crippen LogP) is 5.49. The first-order valence-electron chi connectivity index (χ1n) is 14.6. The van der Waals surface area contributed by atoms with E-state index in [1.165, 1.54) is 51.4 Å². The van der Waals surface area contributed by atoms with E-state index in [2.05, 4.69) is 19.2 Å². The third kappa shape index (κ3) is 24.0. The number of hydrogen-bond donors (Lipinski definition) is 2. The van der Waals surface area contributed by atoms with Crippen LogP contribution in [0.4, 0.5) is 0 Å². The quantitative estimate of drug-likeness (QED) is 0.0676. The number of hydrogen-bond acceptors (Lipinski definition) is 6. The molecule has 0 radical (unpaired) electrons. The second-order valence-corrected chi connectivity index (χ2v) is 12.5. The number of nitrogens with zero attached hydrogens (tertiary/aromatic N) is 1. The van der Waals surface area contributed by atoms with Crippen LogP contribution in [0.2, 0.25) is 0 Å². The van der Waals surface area contributed by atoms with E-state index in [-0.39, 0.29) is 19.1 Å². The van der Waals surface area contributed by atoms with Crippen molar-refractivity contribution in [3.63, 3.8) is 0 Å². The molecule has 37 heavy (non-hydrogen) atoms. The van der Waals surface area contributed by atoms with Crippen molar-refractivity contribution in [1.29, 1.82) is 0 Å². The number of carbonyl (C=O) groups is 1. The lowest BCUT2D eigenvalue weighted by atomic mass is 10.1. The van der Waals surface area contributed by atoms with E-state index in [0.29, 0.717) is 17.4 Å². The van der Waals surface area contributed by atoms with Crippen LogP contribution in [0.25, 0.3) is 0 Å². The largest absolute Gasteiger partial charge is 0.756 e. The molecule has 0 spiro atoms. The van der Waals surface area contributed by atoms with Crippen LogP contribution in [0.1, 0.15) is 110 Å². The molecule has 1 amide bonds. The lowest BCUT2D eigenvalue weighted by Crippen LogP contribution is -2.45. The number of aliphatic hydroxyl groups excluding tert-OH is 1. The van der Waals surface area contributed by atoms with E-state index in [1.54, 1.807) is 6.08 Å². The summed E-state index contributed by atoms with van der Waals surface area (Å²) >= 11 is 0. The maximum atomic E-state index is 12.5. The Morgan fingerprint density at radius 2 is 1.46 bits per heavy atom. The third-order valence-electron chi connectivity index (χ3n) is 6.25. The number of rotatable bonds is 25. The van der Waals surface area contributed by atoms with E-state index in [4.69, 9.17) is 9.05 Å². The molecule has 0 aromatic heterocycles. The fourth-order valence-corrected chi connectivity index (χ4v) is 4.52. The zero-order valence-electron chi connectivity index (χ0n) is 24.4. The number of nitrogens with one attached hydrogen (secondary N) is 1. The van der Waals surface area contributed by atoms with Crippen LogP contribution < -0.4 is 10.2 Å². The van der Waals surface area contributed by atoms with Gasteiger partial charge in [-0.25, -0.2) is 0 Å². The molecule has 0 aliphatic carbocycles. The van der Waals surface area contributed by atoms with Crippen LogP contribution in [0.15, 0.2) is 12.2 Å². The molecule has 0 aliphatic heterocycles. The number of amides is 1. The Bertz CT molecular complexity index is 639. The van der Waals surface area contributed by atoms with Crippen molar-refractivity contribution >= 4 is 13.7 Å². The van der Waals surface area contributed by atoms with Gasteiger partial charge in [-0.15, -0.1) is 0 Å². The normalized spacial score (nSPS) is 15.5. The number of phosphoric acid groups is 1. The summed E-state index contributed by atoms with van der Waals surface area (Å²) in [5.74, 6) is -0.211. The Balaban J connectivity index is 4.73. The lowest BCUT2D eigenvalue weighted by molar-refractivity contribution is -0.870. The second kappa shape index (κ2) is 22.1. The van der Waals surface area contributed by atoms with Crippen molar-refractivity contribution in [3.05, 3.63) is 12.2 Å². The minimum Gasteiger partial charge on any atom is -0.756 e. The van der Waals surface area contributed by atoms with E-state index < -0.39 is 20.0 Å². The number of unbranched alkanes of at least 4 members (excludes halogenated alkanes) is 12. The third-order valence-corrected chi connectivity index (χ3v) is 7.21. The highest BCUT2D eigenvalue weighted by Gasteiger charge is 2.23. The minimum absolute atomic E-state index is 0.000270. The maximum absolute atomic E-state index is 12.5. The van der Waals surface area contributed by atoms with Crippen molar-refractivity contribution in [1.82, 2.24) is 5.32 Å². The first-order chi connectivity index (χ1) is 17.5. The topological polar surface area (TPSA) is 108 Å². The maximum Gasteiger partial charge on any atom is 0.268 e.